The van der Waals surface area contributed by atoms with Crippen molar-refractivity contribution in [3.05, 3.63) is 29.6 Å². The lowest BCUT2D eigenvalue weighted by atomic mass is 10.1. The van der Waals surface area contributed by atoms with E-state index in [0.717, 1.165) is 0 Å². The van der Waals surface area contributed by atoms with E-state index in [9.17, 15) is 14.0 Å². The van der Waals surface area contributed by atoms with Crippen LogP contribution < -0.4 is 10.1 Å². The van der Waals surface area contributed by atoms with Gasteiger partial charge in [0.15, 0.2) is 0 Å². The summed E-state index contributed by atoms with van der Waals surface area (Å²) < 4.78 is 19.0. The lowest BCUT2D eigenvalue weighted by molar-refractivity contribution is -0.137. The van der Waals surface area contributed by atoms with Crippen LogP contribution in [0.4, 0.5) is 9.18 Å². The average molecular weight is 298 g/mol. The molecule has 6 nitrogen and oxygen atoms in total. The number of halogens is 1. The predicted octanol–water partition coefficient (Wildman–Crippen LogP) is 2.01. The minimum Gasteiger partial charge on any atom is -0.496 e. The molecule has 0 aromatic heterocycles. The number of nitrogens with one attached hydrogen (secondary N) is 1. The molecule has 2 N–H and O–H groups in total. The van der Waals surface area contributed by atoms with Crippen molar-refractivity contribution in [2.24, 2.45) is 0 Å². The zero-order valence-corrected chi connectivity index (χ0v) is 12.2. The Morgan fingerprint density at radius 2 is 2.14 bits per heavy atom. The summed E-state index contributed by atoms with van der Waals surface area (Å²) in [4.78, 5) is 23.6. The van der Waals surface area contributed by atoms with Crippen molar-refractivity contribution in [3.8, 4) is 5.75 Å². The number of rotatable bonds is 6. The molecular formula is C14H19FN2O4. The van der Waals surface area contributed by atoms with Gasteiger partial charge in [-0.2, -0.15) is 0 Å². The molecule has 0 radical (unpaired) electrons. The number of nitrogens with zero attached hydrogens (tertiary/aromatic N) is 1. The quantitative estimate of drug-likeness (QED) is 0.842. The number of carboxylic acids is 1. The maximum absolute atomic E-state index is 13.9. The van der Waals surface area contributed by atoms with E-state index in [4.69, 9.17) is 9.84 Å². The normalized spacial score (nSPS) is 11.6. The molecule has 0 spiro atoms. The molecule has 1 unspecified atom stereocenters. The van der Waals surface area contributed by atoms with E-state index in [1.165, 1.54) is 31.2 Å². The Balaban J connectivity index is 2.75. The molecule has 0 bridgehead atoms. The molecule has 0 aliphatic heterocycles. The Labute approximate surface area is 122 Å². The van der Waals surface area contributed by atoms with E-state index in [1.54, 1.807) is 13.0 Å². The van der Waals surface area contributed by atoms with Crippen LogP contribution in [-0.2, 0) is 4.79 Å². The fourth-order valence-electron chi connectivity index (χ4n) is 1.85. The van der Waals surface area contributed by atoms with Gasteiger partial charge in [-0.15, -0.1) is 0 Å². The highest BCUT2D eigenvalue weighted by Gasteiger charge is 2.20. The van der Waals surface area contributed by atoms with Crippen LogP contribution in [0, 0.1) is 5.82 Å². The maximum atomic E-state index is 13.9. The van der Waals surface area contributed by atoms with Gasteiger partial charge in [-0.05, 0) is 19.1 Å². The number of carbonyl (C=O) groups excluding carboxylic acids is 1. The van der Waals surface area contributed by atoms with Crippen LogP contribution in [0.1, 0.15) is 24.9 Å². The number of carboxylic acid groups (broad SMARTS) is 1. The molecule has 21 heavy (non-hydrogen) atoms. The van der Waals surface area contributed by atoms with Gasteiger partial charge in [0.25, 0.3) is 0 Å². The first-order chi connectivity index (χ1) is 9.86. The highest BCUT2D eigenvalue weighted by Crippen LogP contribution is 2.27. The number of benzene rings is 1. The van der Waals surface area contributed by atoms with Crippen LogP contribution in [0.5, 0.6) is 5.75 Å². The summed E-state index contributed by atoms with van der Waals surface area (Å²) in [7, 11) is 2.90. The number of carbonyl (C=O) groups is 2. The van der Waals surface area contributed by atoms with E-state index in [-0.39, 0.29) is 18.5 Å². The minimum absolute atomic E-state index is 0.0717. The fourth-order valence-corrected chi connectivity index (χ4v) is 1.85. The van der Waals surface area contributed by atoms with Crippen LogP contribution in [0.15, 0.2) is 18.2 Å². The molecule has 0 aliphatic carbocycles. The van der Waals surface area contributed by atoms with Crippen LogP contribution in [-0.4, -0.2) is 42.7 Å². The fraction of sp³-hybridized carbons (Fsp3) is 0.429. The predicted molar refractivity (Wildman–Crippen MR) is 74.8 cm³/mol. The summed E-state index contributed by atoms with van der Waals surface area (Å²) in [6.07, 6.45) is -0.151. The van der Waals surface area contributed by atoms with Crippen molar-refractivity contribution in [3.63, 3.8) is 0 Å². The van der Waals surface area contributed by atoms with Crippen molar-refractivity contribution in [2.75, 3.05) is 20.7 Å². The lowest BCUT2D eigenvalue weighted by Gasteiger charge is -2.22. The van der Waals surface area contributed by atoms with E-state index >= 15 is 0 Å². The Bertz CT molecular complexity index is 522. The summed E-state index contributed by atoms with van der Waals surface area (Å²) in [6, 6.07) is 3.32. The van der Waals surface area contributed by atoms with Gasteiger partial charge in [0.05, 0.1) is 25.1 Å². The highest BCUT2D eigenvalue weighted by atomic mass is 19.1. The Kier molecular flexibility index (Phi) is 5.95. The molecule has 1 rings (SSSR count). The largest absolute Gasteiger partial charge is 0.496 e. The number of aliphatic carboxylic acids is 1. The Morgan fingerprint density at radius 1 is 1.48 bits per heavy atom. The van der Waals surface area contributed by atoms with Gasteiger partial charge in [-0.1, -0.05) is 6.07 Å². The molecule has 0 aliphatic rings. The zero-order chi connectivity index (χ0) is 16.0. The summed E-state index contributed by atoms with van der Waals surface area (Å²) in [5, 5.41) is 11.2. The van der Waals surface area contributed by atoms with Crippen molar-refractivity contribution >= 4 is 12.0 Å². The van der Waals surface area contributed by atoms with E-state index in [2.05, 4.69) is 5.32 Å². The first-order valence-corrected chi connectivity index (χ1v) is 6.42. The van der Waals surface area contributed by atoms with Crippen molar-refractivity contribution < 1.29 is 23.8 Å². The third kappa shape index (κ3) is 4.62. The molecular weight excluding hydrogens is 279 g/mol. The summed E-state index contributed by atoms with van der Waals surface area (Å²) >= 11 is 0. The van der Waals surface area contributed by atoms with Gasteiger partial charge in [0.1, 0.15) is 11.6 Å². The van der Waals surface area contributed by atoms with Gasteiger partial charge >= 0.3 is 12.0 Å². The second kappa shape index (κ2) is 7.47. The molecule has 116 valence electrons. The molecule has 1 aromatic rings. The van der Waals surface area contributed by atoms with E-state index < -0.39 is 23.9 Å². The van der Waals surface area contributed by atoms with Crippen LogP contribution >= 0.6 is 0 Å². The smallest absolute Gasteiger partial charge is 0.317 e. The Hall–Kier alpha value is -2.31. The monoisotopic (exact) mass is 298 g/mol. The summed E-state index contributed by atoms with van der Waals surface area (Å²) in [6.45, 7) is 1.70. The van der Waals surface area contributed by atoms with Gasteiger partial charge in [0.2, 0.25) is 0 Å². The topological polar surface area (TPSA) is 78.9 Å². The van der Waals surface area contributed by atoms with Crippen molar-refractivity contribution in [1.29, 1.82) is 0 Å². The highest BCUT2D eigenvalue weighted by molar-refractivity contribution is 5.75. The molecule has 0 fully saturated rings. The molecule has 0 heterocycles. The summed E-state index contributed by atoms with van der Waals surface area (Å²) in [5.74, 6) is -1.12. The average Bonchev–Trinajstić information content (AvgIpc) is 2.43. The number of urea groups is 1. The summed E-state index contributed by atoms with van der Waals surface area (Å²) in [5.41, 5.74) is 0.250. The number of ether oxygens (including phenoxy) is 1. The molecule has 1 atom stereocenters. The SMILES string of the molecule is COc1cccc(F)c1C(C)NC(=O)N(C)CCC(=O)O. The first kappa shape index (κ1) is 16.7. The number of hydrogen-bond acceptors (Lipinski definition) is 3. The standard InChI is InChI=1S/C14H19FN2O4/c1-9(13-10(15)5-4-6-11(13)21-3)16-14(20)17(2)8-7-12(18)19/h4-6,9H,7-8H2,1-3H3,(H,16,20)(H,18,19). The van der Waals surface area contributed by atoms with Crippen molar-refractivity contribution in [2.45, 2.75) is 19.4 Å². The first-order valence-electron chi connectivity index (χ1n) is 6.42. The van der Waals surface area contributed by atoms with Gasteiger partial charge in [0, 0.05) is 13.6 Å². The Morgan fingerprint density at radius 3 is 2.71 bits per heavy atom. The molecule has 7 heteroatoms. The second-order valence-corrected chi connectivity index (χ2v) is 4.59. The van der Waals surface area contributed by atoms with E-state index in [0.29, 0.717) is 5.75 Å². The van der Waals surface area contributed by atoms with Gasteiger partial charge in [-0.25, -0.2) is 9.18 Å². The molecule has 2 amide bonds. The third-order valence-electron chi connectivity index (χ3n) is 3.01. The number of methoxy groups -OCH3 is 1. The second-order valence-electron chi connectivity index (χ2n) is 4.59. The minimum atomic E-state index is -0.988. The molecule has 1 aromatic carbocycles. The third-order valence-corrected chi connectivity index (χ3v) is 3.01. The number of amides is 2. The number of hydrogen-bond donors (Lipinski definition) is 2. The molecule has 0 saturated carbocycles. The van der Waals surface area contributed by atoms with E-state index in [1.807, 2.05) is 0 Å². The van der Waals surface area contributed by atoms with Crippen LogP contribution in [0.2, 0.25) is 0 Å². The van der Waals surface area contributed by atoms with Gasteiger partial charge < -0.3 is 20.1 Å². The van der Waals surface area contributed by atoms with Crippen LogP contribution in [0.25, 0.3) is 0 Å². The van der Waals surface area contributed by atoms with Crippen LogP contribution in [0.3, 0.4) is 0 Å². The molecule has 0 saturated heterocycles. The lowest BCUT2D eigenvalue weighted by Crippen LogP contribution is -2.39. The van der Waals surface area contributed by atoms with Crippen molar-refractivity contribution in [1.82, 2.24) is 10.2 Å². The zero-order valence-electron chi connectivity index (χ0n) is 12.2. The maximum Gasteiger partial charge on any atom is 0.317 e. The van der Waals surface area contributed by atoms with Gasteiger partial charge in [-0.3, -0.25) is 4.79 Å².